The Kier molecular flexibility index (Phi) is 3.90. The van der Waals surface area contributed by atoms with Gasteiger partial charge in [-0.1, -0.05) is 13.8 Å². The molecule has 0 fully saturated rings. The summed E-state index contributed by atoms with van der Waals surface area (Å²) in [4.78, 5) is 33.1. The summed E-state index contributed by atoms with van der Waals surface area (Å²) >= 11 is 0. The van der Waals surface area contributed by atoms with E-state index < -0.39 is 0 Å². The first kappa shape index (κ1) is 16.2. The summed E-state index contributed by atoms with van der Waals surface area (Å²) in [6.45, 7) is 4.82. The van der Waals surface area contributed by atoms with Crippen molar-refractivity contribution in [3.05, 3.63) is 45.5 Å². The van der Waals surface area contributed by atoms with E-state index in [-0.39, 0.29) is 11.2 Å². The maximum atomic E-state index is 12.8. The Bertz CT molecular complexity index is 1210. The van der Waals surface area contributed by atoms with E-state index in [4.69, 9.17) is 0 Å². The summed E-state index contributed by atoms with van der Waals surface area (Å²) in [5, 5.41) is 7.83. The van der Waals surface area contributed by atoms with Gasteiger partial charge in [-0.25, -0.2) is 9.78 Å². The number of aryl methyl sites for hydroxylation is 1. The van der Waals surface area contributed by atoms with Crippen LogP contribution in [0.15, 0.2) is 34.2 Å². The van der Waals surface area contributed by atoms with Crippen molar-refractivity contribution in [3.8, 4) is 11.4 Å². The van der Waals surface area contributed by atoms with E-state index in [1.54, 1.807) is 15.3 Å². The van der Waals surface area contributed by atoms with E-state index >= 15 is 0 Å². The molecular weight excluding hydrogens is 334 g/mol. The predicted molar refractivity (Wildman–Crippen MR) is 97.2 cm³/mol. The van der Waals surface area contributed by atoms with Gasteiger partial charge >= 0.3 is 5.69 Å². The van der Waals surface area contributed by atoms with Crippen molar-refractivity contribution in [1.82, 2.24) is 33.7 Å². The van der Waals surface area contributed by atoms with Gasteiger partial charge in [0.25, 0.3) is 5.56 Å². The van der Waals surface area contributed by atoms with Gasteiger partial charge in [-0.3, -0.25) is 18.3 Å². The number of hydrogen-bond acceptors (Lipinski definition) is 5. The van der Waals surface area contributed by atoms with Gasteiger partial charge in [0.15, 0.2) is 11.3 Å². The lowest BCUT2D eigenvalue weighted by atomic mass is 10.3. The number of rotatable bonds is 5. The number of aromatic amines is 1. The van der Waals surface area contributed by atoms with Crippen LogP contribution in [0.2, 0.25) is 0 Å². The van der Waals surface area contributed by atoms with E-state index in [9.17, 15) is 9.59 Å². The van der Waals surface area contributed by atoms with Gasteiger partial charge in [-0.15, -0.1) is 10.2 Å². The van der Waals surface area contributed by atoms with Gasteiger partial charge in [0.05, 0.1) is 0 Å². The van der Waals surface area contributed by atoms with Gasteiger partial charge in [-0.05, 0) is 25.0 Å². The highest BCUT2D eigenvalue weighted by Crippen LogP contribution is 2.19. The number of H-pyrrole nitrogens is 1. The molecule has 9 nitrogen and oxygen atoms in total. The fourth-order valence-electron chi connectivity index (χ4n) is 3.12. The Balaban J connectivity index is 1.98. The molecule has 0 atom stereocenters. The van der Waals surface area contributed by atoms with Crippen molar-refractivity contribution in [3.63, 3.8) is 0 Å². The highest BCUT2D eigenvalue weighted by Gasteiger charge is 2.17. The Morgan fingerprint density at radius 3 is 2.62 bits per heavy atom. The summed E-state index contributed by atoms with van der Waals surface area (Å²) in [5.74, 6) is 0.534. The standard InChI is InChI=1S/C17H19N7O2/c1-3-7-23-15-13(16(25)24(8-4-2)17(23)26)19-14(20-15)11-5-6-12-21-18-10-22(12)9-11/h5-6,9-10H,3-4,7-8H2,1-2H3,(H,19,20). The molecule has 0 bridgehead atoms. The second-order valence-electron chi connectivity index (χ2n) is 6.19. The second-order valence-corrected chi connectivity index (χ2v) is 6.19. The zero-order valence-corrected chi connectivity index (χ0v) is 14.6. The number of pyridine rings is 1. The first-order chi connectivity index (χ1) is 12.6. The summed E-state index contributed by atoms with van der Waals surface area (Å²) in [6.07, 6.45) is 4.91. The minimum Gasteiger partial charge on any atom is -0.332 e. The third kappa shape index (κ3) is 2.43. The molecule has 134 valence electrons. The zero-order chi connectivity index (χ0) is 18.3. The van der Waals surface area contributed by atoms with E-state index in [1.807, 2.05) is 32.2 Å². The van der Waals surface area contributed by atoms with Gasteiger partial charge in [0.2, 0.25) is 0 Å². The largest absolute Gasteiger partial charge is 0.332 e. The second kappa shape index (κ2) is 6.25. The van der Waals surface area contributed by atoms with Crippen LogP contribution in [-0.4, -0.2) is 33.7 Å². The molecule has 4 aromatic heterocycles. The average Bonchev–Trinajstić information content (AvgIpc) is 3.28. The lowest BCUT2D eigenvalue weighted by Gasteiger charge is -2.09. The van der Waals surface area contributed by atoms with Crippen molar-refractivity contribution in [2.75, 3.05) is 0 Å². The topological polar surface area (TPSA) is 103 Å². The molecule has 9 heteroatoms. The fraction of sp³-hybridized carbons (Fsp3) is 0.353. The molecule has 0 aromatic carbocycles. The molecular formula is C17H19N7O2. The molecule has 1 N–H and O–H groups in total. The average molecular weight is 353 g/mol. The Labute approximate surface area is 147 Å². The summed E-state index contributed by atoms with van der Waals surface area (Å²) in [5.41, 5.74) is 1.61. The van der Waals surface area contributed by atoms with Crippen LogP contribution in [0.1, 0.15) is 26.7 Å². The smallest absolute Gasteiger partial charge is 0.332 e. The number of nitrogens with zero attached hydrogens (tertiary/aromatic N) is 6. The third-order valence-corrected chi connectivity index (χ3v) is 4.32. The van der Waals surface area contributed by atoms with Gasteiger partial charge in [0.1, 0.15) is 17.7 Å². The third-order valence-electron chi connectivity index (χ3n) is 4.32. The van der Waals surface area contributed by atoms with Crippen LogP contribution >= 0.6 is 0 Å². The minimum atomic E-state index is -0.330. The van der Waals surface area contributed by atoms with Crippen molar-refractivity contribution in [2.24, 2.45) is 0 Å². The van der Waals surface area contributed by atoms with E-state index in [2.05, 4.69) is 20.2 Å². The van der Waals surface area contributed by atoms with Gasteiger partial charge < -0.3 is 4.98 Å². The van der Waals surface area contributed by atoms with Crippen LogP contribution in [0.25, 0.3) is 28.2 Å². The van der Waals surface area contributed by atoms with E-state index in [1.165, 1.54) is 4.57 Å². The van der Waals surface area contributed by atoms with Crippen LogP contribution < -0.4 is 11.2 Å². The molecule has 0 aliphatic heterocycles. The fourth-order valence-corrected chi connectivity index (χ4v) is 3.12. The molecule has 0 saturated carbocycles. The highest BCUT2D eigenvalue weighted by molar-refractivity contribution is 5.75. The number of hydrogen-bond donors (Lipinski definition) is 1. The number of fused-ring (bicyclic) bond motifs is 2. The lowest BCUT2D eigenvalue weighted by Crippen LogP contribution is -2.40. The number of aromatic nitrogens is 7. The van der Waals surface area contributed by atoms with Crippen LogP contribution in [0.5, 0.6) is 0 Å². The SMILES string of the molecule is CCCn1c(=O)c2[nH]c(-c3ccc4nncn4c3)nc2n(CCC)c1=O. The number of nitrogens with one attached hydrogen (secondary N) is 1. The van der Waals surface area contributed by atoms with Crippen LogP contribution in [-0.2, 0) is 13.1 Å². The normalized spacial score (nSPS) is 11.6. The molecule has 0 radical (unpaired) electrons. The minimum absolute atomic E-state index is 0.307. The summed E-state index contributed by atoms with van der Waals surface area (Å²) in [6, 6.07) is 3.68. The molecule has 4 aromatic rings. The molecule has 0 unspecified atom stereocenters. The molecule has 0 saturated heterocycles. The first-order valence-corrected chi connectivity index (χ1v) is 8.67. The van der Waals surface area contributed by atoms with E-state index in [0.29, 0.717) is 36.5 Å². The Morgan fingerprint density at radius 1 is 1.08 bits per heavy atom. The predicted octanol–water partition coefficient (Wildman–Crippen LogP) is 1.42. The van der Waals surface area contributed by atoms with Crippen LogP contribution in [0.4, 0.5) is 0 Å². The molecule has 0 amide bonds. The number of imidazole rings is 1. The van der Waals surface area contributed by atoms with Crippen LogP contribution in [0.3, 0.4) is 0 Å². The van der Waals surface area contributed by atoms with E-state index in [0.717, 1.165) is 17.6 Å². The maximum absolute atomic E-state index is 12.8. The molecule has 4 rings (SSSR count). The zero-order valence-electron chi connectivity index (χ0n) is 14.6. The lowest BCUT2D eigenvalue weighted by molar-refractivity contribution is 0.555. The molecule has 26 heavy (non-hydrogen) atoms. The maximum Gasteiger partial charge on any atom is 0.332 e. The summed E-state index contributed by atoms with van der Waals surface area (Å²) in [7, 11) is 0. The first-order valence-electron chi connectivity index (χ1n) is 8.67. The Hall–Kier alpha value is -3.23. The highest BCUT2D eigenvalue weighted by atomic mass is 16.2. The van der Waals surface area contributed by atoms with Crippen LogP contribution in [0, 0.1) is 0 Å². The van der Waals surface area contributed by atoms with Crippen molar-refractivity contribution in [1.29, 1.82) is 0 Å². The summed E-state index contributed by atoms with van der Waals surface area (Å²) < 4.78 is 4.63. The van der Waals surface area contributed by atoms with Crippen molar-refractivity contribution in [2.45, 2.75) is 39.8 Å². The van der Waals surface area contributed by atoms with Gasteiger partial charge in [-0.2, -0.15) is 0 Å². The van der Waals surface area contributed by atoms with Crippen molar-refractivity contribution < 1.29 is 0 Å². The molecule has 0 spiro atoms. The monoisotopic (exact) mass is 353 g/mol. The van der Waals surface area contributed by atoms with Crippen molar-refractivity contribution >= 4 is 16.8 Å². The van der Waals surface area contributed by atoms with Gasteiger partial charge in [0, 0.05) is 24.8 Å². The molecule has 0 aliphatic carbocycles. The molecule has 0 aliphatic rings. The Morgan fingerprint density at radius 2 is 1.85 bits per heavy atom. The quantitative estimate of drug-likeness (QED) is 0.584. The molecule has 4 heterocycles.